The normalized spacial score (nSPS) is 17.8. The van der Waals surface area contributed by atoms with Gasteiger partial charge in [-0.15, -0.1) is 6.58 Å². The standard InChI is InChI=1S/C13H18N2/c1-3-12-7-9-15(10-8-12)13-6-4-5-11(2)14-13/h3-6,12H,1,7-10H2,2H3. The maximum atomic E-state index is 4.55. The van der Waals surface area contributed by atoms with Gasteiger partial charge in [-0.05, 0) is 37.8 Å². The molecule has 1 aliphatic rings. The lowest BCUT2D eigenvalue weighted by molar-refractivity contribution is 0.477. The zero-order valence-corrected chi connectivity index (χ0v) is 9.32. The molecule has 0 radical (unpaired) electrons. The summed E-state index contributed by atoms with van der Waals surface area (Å²) in [6, 6.07) is 6.22. The Kier molecular flexibility index (Phi) is 3.05. The quantitative estimate of drug-likeness (QED) is 0.685. The number of allylic oxidation sites excluding steroid dienone is 1. The molecule has 0 unspecified atom stereocenters. The number of hydrogen-bond acceptors (Lipinski definition) is 2. The van der Waals surface area contributed by atoms with Crippen LogP contribution in [-0.2, 0) is 0 Å². The first-order valence-electron chi connectivity index (χ1n) is 5.61. The molecule has 0 bridgehead atoms. The van der Waals surface area contributed by atoms with Gasteiger partial charge >= 0.3 is 0 Å². The van der Waals surface area contributed by atoms with Gasteiger partial charge in [-0.3, -0.25) is 0 Å². The monoisotopic (exact) mass is 202 g/mol. The molecule has 2 heteroatoms. The molecule has 1 aromatic rings. The Morgan fingerprint density at radius 3 is 2.73 bits per heavy atom. The predicted molar refractivity (Wildman–Crippen MR) is 64.1 cm³/mol. The molecule has 1 fully saturated rings. The van der Waals surface area contributed by atoms with Crippen LogP contribution in [0.4, 0.5) is 5.82 Å². The summed E-state index contributed by atoms with van der Waals surface area (Å²) >= 11 is 0. The molecule has 0 atom stereocenters. The van der Waals surface area contributed by atoms with Crippen molar-refractivity contribution in [3.63, 3.8) is 0 Å². The fraction of sp³-hybridized carbons (Fsp3) is 0.462. The first-order chi connectivity index (χ1) is 7.29. The van der Waals surface area contributed by atoms with Crippen LogP contribution in [0, 0.1) is 12.8 Å². The van der Waals surface area contributed by atoms with Crippen molar-refractivity contribution in [3.8, 4) is 0 Å². The van der Waals surface area contributed by atoms with Gasteiger partial charge in [0.05, 0.1) is 0 Å². The number of rotatable bonds is 2. The molecule has 0 amide bonds. The van der Waals surface area contributed by atoms with Gasteiger partial charge in [-0.1, -0.05) is 12.1 Å². The van der Waals surface area contributed by atoms with Gasteiger partial charge in [0.1, 0.15) is 5.82 Å². The minimum absolute atomic E-state index is 0.700. The Labute approximate surface area is 91.6 Å². The van der Waals surface area contributed by atoms with Crippen LogP contribution in [0.3, 0.4) is 0 Å². The molecule has 15 heavy (non-hydrogen) atoms. The lowest BCUT2D eigenvalue weighted by Gasteiger charge is -2.31. The second-order valence-corrected chi connectivity index (χ2v) is 4.20. The number of anilines is 1. The third-order valence-corrected chi connectivity index (χ3v) is 3.07. The van der Waals surface area contributed by atoms with Crippen LogP contribution < -0.4 is 4.90 Å². The molecule has 2 heterocycles. The smallest absolute Gasteiger partial charge is 0.128 e. The highest BCUT2D eigenvalue weighted by Crippen LogP contribution is 2.22. The van der Waals surface area contributed by atoms with Gasteiger partial charge in [0.15, 0.2) is 0 Å². The van der Waals surface area contributed by atoms with E-state index in [-0.39, 0.29) is 0 Å². The molecular formula is C13H18N2. The second-order valence-electron chi connectivity index (χ2n) is 4.20. The van der Waals surface area contributed by atoms with Crippen LogP contribution >= 0.6 is 0 Å². The van der Waals surface area contributed by atoms with Gasteiger partial charge in [0.2, 0.25) is 0 Å². The molecule has 80 valence electrons. The highest BCUT2D eigenvalue weighted by molar-refractivity contribution is 5.39. The molecule has 2 rings (SSSR count). The molecule has 1 aromatic heterocycles. The summed E-state index contributed by atoms with van der Waals surface area (Å²) in [7, 11) is 0. The van der Waals surface area contributed by atoms with Gasteiger partial charge in [0.25, 0.3) is 0 Å². The number of aromatic nitrogens is 1. The summed E-state index contributed by atoms with van der Waals surface area (Å²) in [6.45, 7) is 8.11. The van der Waals surface area contributed by atoms with Crippen LogP contribution in [0.5, 0.6) is 0 Å². The Bertz CT molecular complexity index is 338. The van der Waals surface area contributed by atoms with Crippen molar-refractivity contribution in [1.82, 2.24) is 4.98 Å². The Morgan fingerprint density at radius 1 is 1.40 bits per heavy atom. The average molecular weight is 202 g/mol. The summed E-state index contributed by atoms with van der Waals surface area (Å²) < 4.78 is 0. The number of pyridine rings is 1. The van der Waals surface area contributed by atoms with Gasteiger partial charge in [0, 0.05) is 18.8 Å². The van der Waals surface area contributed by atoms with E-state index in [1.165, 1.54) is 12.8 Å². The minimum Gasteiger partial charge on any atom is -0.357 e. The highest BCUT2D eigenvalue weighted by Gasteiger charge is 2.17. The van der Waals surface area contributed by atoms with Crippen molar-refractivity contribution < 1.29 is 0 Å². The Hall–Kier alpha value is -1.31. The maximum absolute atomic E-state index is 4.55. The zero-order chi connectivity index (χ0) is 10.7. The van der Waals surface area contributed by atoms with Crippen LogP contribution in [0.1, 0.15) is 18.5 Å². The minimum atomic E-state index is 0.700. The van der Waals surface area contributed by atoms with Crippen molar-refractivity contribution in [1.29, 1.82) is 0 Å². The summed E-state index contributed by atoms with van der Waals surface area (Å²) in [4.78, 5) is 6.92. The van der Waals surface area contributed by atoms with Crippen molar-refractivity contribution in [2.75, 3.05) is 18.0 Å². The molecule has 0 aliphatic carbocycles. The van der Waals surface area contributed by atoms with E-state index in [1.807, 2.05) is 13.0 Å². The largest absolute Gasteiger partial charge is 0.357 e. The average Bonchev–Trinajstić information content (AvgIpc) is 2.29. The van der Waals surface area contributed by atoms with E-state index in [2.05, 4.69) is 34.7 Å². The first-order valence-corrected chi connectivity index (χ1v) is 5.61. The molecular weight excluding hydrogens is 184 g/mol. The molecule has 2 nitrogen and oxygen atoms in total. The van der Waals surface area contributed by atoms with Crippen molar-refractivity contribution in [2.24, 2.45) is 5.92 Å². The Balaban J connectivity index is 2.04. The van der Waals surface area contributed by atoms with Crippen LogP contribution in [-0.4, -0.2) is 18.1 Å². The fourth-order valence-electron chi connectivity index (χ4n) is 2.07. The maximum Gasteiger partial charge on any atom is 0.128 e. The van der Waals surface area contributed by atoms with E-state index in [0.717, 1.165) is 24.6 Å². The second kappa shape index (κ2) is 4.47. The lowest BCUT2D eigenvalue weighted by Crippen LogP contribution is -2.33. The molecule has 0 aromatic carbocycles. The van der Waals surface area contributed by atoms with Crippen molar-refractivity contribution in [2.45, 2.75) is 19.8 Å². The summed E-state index contributed by atoms with van der Waals surface area (Å²) in [5.74, 6) is 1.82. The molecule has 0 saturated carbocycles. The van der Waals surface area contributed by atoms with Crippen molar-refractivity contribution in [3.05, 3.63) is 36.5 Å². The van der Waals surface area contributed by atoms with E-state index in [4.69, 9.17) is 0 Å². The number of hydrogen-bond donors (Lipinski definition) is 0. The molecule has 0 spiro atoms. The number of aryl methyl sites for hydroxylation is 1. The van der Waals surface area contributed by atoms with Crippen LogP contribution in [0.15, 0.2) is 30.9 Å². The highest BCUT2D eigenvalue weighted by atomic mass is 15.2. The van der Waals surface area contributed by atoms with Gasteiger partial charge < -0.3 is 4.90 Å². The van der Waals surface area contributed by atoms with E-state index in [9.17, 15) is 0 Å². The zero-order valence-electron chi connectivity index (χ0n) is 9.32. The third kappa shape index (κ3) is 2.38. The SMILES string of the molecule is C=CC1CCN(c2cccc(C)n2)CC1. The molecule has 0 N–H and O–H groups in total. The number of nitrogens with zero attached hydrogens (tertiary/aromatic N) is 2. The van der Waals surface area contributed by atoms with E-state index in [0.29, 0.717) is 5.92 Å². The first kappa shape index (κ1) is 10.2. The summed E-state index contributed by atoms with van der Waals surface area (Å²) in [6.07, 6.45) is 4.50. The molecule has 1 aliphatic heterocycles. The topological polar surface area (TPSA) is 16.1 Å². The predicted octanol–water partition coefficient (Wildman–Crippen LogP) is 2.79. The summed E-state index contributed by atoms with van der Waals surface area (Å²) in [5.41, 5.74) is 1.10. The van der Waals surface area contributed by atoms with Gasteiger partial charge in [-0.2, -0.15) is 0 Å². The Morgan fingerprint density at radius 2 is 2.13 bits per heavy atom. The van der Waals surface area contributed by atoms with Crippen molar-refractivity contribution >= 4 is 5.82 Å². The van der Waals surface area contributed by atoms with E-state index in [1.54, 1.807) is 0 Å². The fourth-order valence-corrected chi connectivity index (χ4v) is 2.07. The third-order valence-electron chi connectivity index (χ3n) is 3.07. The number of piperidine rings is 1. The van der Waals surface area contributed by atoms with Gasteiger partial charge in [-0.25, -0.2) is 4.98 Å². The van der Waals surface area contributed by atoms with E-state index < -0.39 is 0 Å². The van der Waals surface area contributed by atoms with Crippen LogP contribution in [0.2, 0.25) is 0 Å². The lowest BCUT2D eigenvalue weighted by atomic mass is 9.97. The van der Waals surface area contributed by atoms with Crippen LogP contribution in [0.25, 0.3) is 0 Å². The summed E-state index contributed by atoms with van der Waals surface area (Å²) in [5, 5.41) is 0. The van der Waals surface area contributed by atoms with E-state index >= 15 is 0 Å². The molecule has 1 saturated heterocycles.